The van der Waals surface area contributed by atoms with E-state index in [9.17, 15) is 0 Å². The van der Waals surface area contributed by atoms with Crippen molar-refractivity contribution in [1.82, 2.24) is 9.97 Å². The fourth-order valence-electron chi connectivity index (χ4n) is 4.27. The maximum atomic E-state index is 6.04. The van der Waals surface area contributed by atoms with Crippen molar-refractivity contribution >= 4 is 23.8 Å². The summed E-state index contributed by atoms with van der Waals surface area (Å²) in [5, 5.41) is 4.48. The Morgan fingerprint density at radius 3 is 2.33 bits per heavy atom. The van der Waals surface area contributed by atoms with Gasteiger partial charge in [0.2, 0.25) is 5.95 Å². The summed E-state index contributed by atoms with van der Waals surface area (Å²) in [4.78, 5) is 14.2. The molecule has 0 amide bonds. The van der Waals surface area contributed by atoms with Crippen LogP contribution in [-0.2, 0) is 6.61 Å². The third-order valence-electron chi connectivity index (χ3n) is 6.06. The molecule has 0 spiro atoms. The van der Waals surface area contributed by atoms with E-state index in [0.29, 0.717) is 12.4 Å². The predicted octanol–water partition coefficient (Wildman–Crippen LogP) is 4.70. The number of nitrogens with zero attached hydrogens (tertiary/aromatic N) is 5. The van der Waals surface area contributed by atoms with Gasteiger partial charge in [-0.05, 0) is 43.4 Å². The highest BCUT2D eigenvalue weighted by atomic mass is 16.5. The quantitative estimate of drug-likeness (QED) is 0.403. The minimum atomic E-state index is 0.517. The first kappa shape index (κ1) is 21.2. The van der Waals surface area contributed by atoms with Crippen LogP contribution in [0.5, 0.6) is 5.75 Å². The van der Waals surface area contributed by atoms with Crippen LogP contribution in [0, 0.1) is 0 Å². The number of para-hydroxylation sites is 1. The van der Waals surface area contributed by atoms with Gasteiger partial charge in [-0.3, -0.25) is 5.43 Å². The summed E-state index contributed by atoms with van der Waals surface area (Å²) < 4.78 is 6.04. The Balaban J connectivity index is 1.31. The maximum absolute atomic E-state index is 6.04. The van der Waals surface area contributed by atoms with E-state index in [-0.39, 0.29) is 0 Å². The minimum absolute atomic E-state index is 0.517. The molecule has 2 aliphatic rings. The van der Waals surface area contributed by atoms with Crippen molar-refractivity contribution in [1.29, 1.82) is 0 Å². The molecule has 0 radical (unpaired) electrons. The summed E-state index contributed by atoms with van der Waals surface area (Å²) in [7, 11) is 0. The summed E-state index contributed by atoms with van der Waals surface area (Å²) in [5.41, 5.74) is 5.17. The second-order valence-corrected chi connectivity index (χ2v) is 8.48. The molecule has 0 unspecified atom stereocenters. The van der Waals surface area contributed by atoms with Gasteiger partial charge in [0.25, 0.3) is 0 Å². The summed E-state index contributed by atoms with van der Waals surface area (Å²) in [6, 6.07) is 20.1. The lowest BCUT2D eigenvalue weighted by atomic mass is 10.2. The van der Waals surface area contributed by atoms with Gasteiger partial charge >= 0.3 is 0 Å². The van der Waals surface area contributed by atoms with Gasteiger partial charge in [0.05, 0.1) is 6.21 Å². The second kappa shape index (κ2) is 10.3. The largest absolute Gasteiger partial charge is 0.488 e. The van der Waals surface area contributed by atoms with Crippen LogP contribution in [0.15, 0.2) is 65.8 Å². The molecule has 2 aromatic carbocycles. The number of nitrogens with one attached hydrogen (secondary N) is 1. The van der Waals surface area contributed by atoms with E-state index in [0.717, 1.165) is 54.8 Å². The number of rotatable bonds is 8. The van der Waals surface area contributed by atoms with Crippen LogP contribution in [0.3, 0.4) is 0 Å². The van der Waals surface area contributed by atoms with Crippen LogP contribution < -0.4 is 20.0 Å². The van der Waals surface area contributed by atoms with E-state index < -0.39 is 0 Å². The van der Waals surface area contributed by atoms with Crippen LogP contribution in [0.2, 0.25) is 0 Å². The zero-order valence-electron chi connectivity index (χ0n) is 18.9. The van der Waals surface area contributed by atoms with Gasteiger partial charge < -0.3 is 14.5 Å². The molecule has 2 fully saturated rings. The SMILES string of the molecule is C(=NNc1cc(N2CCCC2)nc(N2CCCC2)n1)c1ccccc1OCc1ccccc1. The van der Waals surface area contributed by atoms with Gasteiger partial charge in [0.1, 0.15) is 18.2 Å². The third-order valence-corrected chi connectivity index (χ3v) is 6.06. The number of anilines is 3. The van der Waals surface area contributed by atoms with Gasteiger partial charge in [-0.15, -0.1) is 0 Å². The lowest BCUT2D eigenvalue weighted by Gasteiger charge is -2.21. The number of hydrogen-bond donors (Lipinski definition) is 1. The van der Waals surface area contributed by atoms with Gasteiger partial charge in [0, 0.05) is 37.8 Å². The Labute approximate surface area is 195 Å². The maximum Gasteiger partial charge on any atom is 0.229 e. The van der Waals surface area contributed by atoms with Crippen molar-refractivity contribution < 1.29 is 4.74 Å². The first-order valence-electron chi connectivity index (χ1n) is 11.8. The van der Waals surface area contributed by atoms with Crippen molar-refractivity contribution in [3.05, 3.63) is 71.8 Å². The molecule has 0 saturated carbocycles. The van der Waals surface area contributed by atoms with Crippen molar-refractivity contribution in [2.24, 2.45) is 5.10 Å². The summed E-state index contributed by atoms with van der Waals surface area (Å²) >= 11 is 0. The Hall–Kier alpha value is -3.61. The van der Waals surface area contributed by atoms with Crippen LogP contribution in [-0.4, -0.2) is 42.4 Å². The lowest BCUT2D eigenvalue weighted by Crippen LogP contribution is -2.24. The first-order valence-corrected chi connectivity index (χ1v) is 11.8. The monoisotopic (exact) mass is 442 g/mol. The zero-order chi connectivity index (χ0) is 22.3. The van der Waals surface area contributed by atoms with Crippen LogP contribution in [0.4, 0.5) is 17.6 Å². The van der Waals surface area contributed by atoms with Gasteiger partial charge in [0.15, 0.2) is 5.82 Å². The average Bonchev–Trinajstić information content (AvgIpc) is 3.59. The van der Waals surface area contributed by atoms with E-state index >= 15 is 0 Å². The standard InChI is InChI=1S/C26H30N6O/c1-2-10-21(11-3-1)20-33-23-13-5-4-12-22(23)19-27-30-24-18-25(31-14-6-7-15-31)29-26(28-24)32-16-8-9-17-32/h1-5,10-13,18-19H,6-9,14-17,20H2,(H,28,29,30). The third kappa shape index (κ3) is 5.42. The van der Waals surface area contributed by atoms with E-state index in [1.54, 1.807) is 6.21 Å². The summed E-state index contributed by atoms with van der Waals surface area (Å²) in [5.74, 6) is 3.28. The van der Waals surface area contributed by atoms with E-state index in [4.69, 9.17) is 14.7 Å². The number of hydrogen-bond acceptors (Lipinski definition) is 7. The van der Waals surface area contributed by atoms with Crippen molar-refractivity contribution in [2.75, 3.05) is 41.4 Å². The molecule has 7 nitrogen and oxygen atoms in total. The lowest BCUT2D eigenvalue weighted by molar-refractivity contribution is 0.306. The molecule has 7 heteroatoms. The summed E-state index contributed by atoms with van der Waals surface area (Å²) in [6.45, 7) is 4.64. The molecule has 33 heavy (non-hydrogen) atoms. The number of hydrazone groups is 1. The Morgan fingerprint density at radius 1 is 0.848 bits per heavy atom. The fourth-order valence-corrected chi connectivity index (χ4v) is 4.27. The Bertz CT molecular complexity index is 1040. The van der Waals surface area contributed by atoms with Gasteiger partial charge in [-0.1, -0.05) is 42.5 Å². The molecule has 3 heterocycles. The fraction of sp³-hybridized carbons (Fsp3) is 0.346. The molecule has 0 bridgehead atoms. The molecule has 170 valence electrons. The second-order valence-electron chi connectivity index (χ2n) is 8.48. The van der Waals surface area contributed by atoms with Crippen LogP contribution in [0.1, 0.15) is 36.8 Å². The minimum Gasteiger partial charge on any atom is -0.488 e. The van der Waals surface area contributed by atoms with E-state index in [1.807, 2.05) is 48.5 Å². The van der Waals surface area contributed by atoms with Crippen molar-refractivity contribution in [3.8, 4) is 5.75 Å². The zero-order valence-corrected chi connectivity index (χ0v) is 18.9. The number of ether oxygens (including phenoxy) is 1. The van der Waals surface area contributed by atoms with E-state index in [2.05, 4.69) is 32.5 Å². The summed E-state index contributed by atoms with van der Waals surface area (Å²) in [6.07, 6.45) is 6.59. The first-order chi connectivity index (χ1) is 16.3. The highest BCUT2D eigenvalue weighted by Crippen LogP contribution is 2.25. The topological polar surface area (TPSA) is 65.9 Å². The molecule has 2 aliphatic heterocycles. The normalized spacial score (nSPS) is 16.0. The highest BCUT2D eigenvalue weighted by Gasteiger charge is 2.20. The molecule has 2 saturated heterocycles. The molecule has 0 aliphatic carbocycles. The Kier molecular flexibility index (Phi) is 6.66. The predicted molar refractivity (Wildman–Crippen MR) is 133 cm³/mol. The molecular formula is C26H30N6O. The van der Waals surface area contributed by atoms with Gasteiger partial charge in [-0.25, -0.2) is 0 Å². The Morgan fingerprint density at radius 2 is 1.55 bits per heavy atom. The van der Waals surface area contributed by atoms with Crippen molar-refractivity contribution in [2.45, 2.75) is 32.3 Å². The number of aromatic nitrogens is 2. The molecule has 5 rings (SSSR count). The highest BCUT2D eigenvalue weighted by molar-refractivity contribution is 5.84. The van der Waals surface area contributed by atoms with Gasteiger partial charge in [-0.2, -0.15) is 15.1 Å². The van der Waals surface area contributed by atoms with Crippen LogP contribution in [0.25, 0.3) is 0 Å². The molecule has 1 N–H and O–H groups in total. The number of benzene rings is 2. The molecule has 1 aromatic heterocycles. The van der Waals surface area contributed by atoms with Crippen molar-refractivity contribution in [3.63, 3.8) is 0 Å². The smallest absolute Gasteiger partial charge is 0.229 e. The van der Waals surface area contributed by atoms with Crippen LogP contribution >= 0.6 is 0 Å². The average molecular weight is 443 g/mol. The molecule has 3 aromatic rings. The molecule has 0 atom stereocenters. The molecular weight excluding hydrogens is 412 g/mol. The van der Waals surface area contributed by atoms with E-state index in [1.165, 1.54) is 25.7 Å².